The van der Waals surface area contributed by atoms with Gasteiger partial charge >= 0.3 is 0 Å². The largest absolute Gasteiger partial charge is 0.322 e. The molecule has 3 aliphatic rings. The Hall–Kier alpha value is -1.33. The molecule has 2 aliphatic heterocycles. The Balaban J connectivity index is 0.00000131. The van der Waals surface area contributed by atoms with E-state index in [4.69, 9.17) is 5.73 Å². The first-order chi connectivity index (χ1) is 12.1. The zero-order chi connectivity index (χ0) is 17.4. The highest BCUT2D eigenvalue weighted by molar-refractivity contribution is 5.85. The highest BCUT2D eigenvalue weighted by atomic mass is 35.5. The molecular weight excluding hydrogens is 379 g/mol. The monoisotopic (exact) mass is 408 g/mol. The molecule has 1 saturated carbocycles. The summed E-state index contributed by atoms with van der Waals surface area (Å²) in [5.74, 6) is 0.843. The lowest BCUT2D eigenvalue weighted by Crippen LogP contribution is -2.62. The van der Waals surface area contributed by atoms with E-state index in [-0.39, 0.29) is 36.4 Å². The van der Waals surface area contributed by atoms with Crippen molar-refractivity contribution in [3.63, 3.8) is 0 Å². The fraction of sp³-hybridized carbons (Fsp3) is 0.476. The van der Waals surface area contributed by atoms with Crippen LogP contribution in [0.15, 0.2) is 49.3 Å². The lowest BCUT2D eigenvalue weighted by Gasteiger charge is -2.57. The minimum atomic E-state index is 0. The van der Waals surface area contributed by atoms with Crippen molar-refractivity contribution in [1.29, 1.82) is 0 Å². The van der Waals surface area contributed by atoms with E-state index in [1.165, 1.54) is 43.4 Å². The SMILES string of the molecule is C=CCN1CC2CCC1(C(N)c1cccc(-c3cnn(C)c3)c1)CC2.Cl.Cl. The Labute approximate surface area is 174 Å². The minimum absolute atomic E-state index is 0. The fourth-order valence-corrected chi connectivity index (χ4v) is 4.88. The summed E-state index contributed by atoms with van der Waals surface area (Å²) >= 11 is 0. The molecule has 0 spiro atoms. The van der Waals surface area contributed by atoms with Crippen LogP contribution in [-0.2, 0) is 7.05 Å². The summed E-state index contributed by atoms with van der Waals surface area (Å²) < 4.78 is 1.84. The van der Waals surface area contributed by atoms with E-state index in [9.17, 15) is 0 Å². The van der Waals surface area contributed by atoms with Crippen LogP contribution in [0.25, 0.3) is 11.1 Å². The van der Waals surface area contributed by atoms with Crippen molar-refractivity contribution in [3.8, 4) is 11.1 Å². The van der Waals surface area contributed by atoms with E-state index in [2.05, 4.69) is 47.0 Å². The van der Waals surface area contributed by atoms with Crippen LogP contribution in [0.2, 0.25) is 0 Å². The van der Waals surface area contributed by atoms with Crippen LogP contribution in [0.4, 0.5) is 0 Å². The summed E-state index contributed by atoms with van der Waals surface area (Å²) in [7, 11) is 1.95. The van der Waals surface area contributed by atoms with Gasteiger partial charge in [0, 0.05) is 43.5 Å². The van der Waals surface area contributed by atoms with Gasteiger partial charge in [0.05, 0.1) is 6.20 Å². The van der Waals surface area contributed by atoms with Crippen LogP contribution >= 0.6 is 24.8 Å². The number of hydrogen-bond donors (Lipinski definition) is 1. The van der Waals surface area contributed by atoms with E-state index >= 15 is 0 Å². The van der Waals surface area contributed by atoms with Gasteiger partial charge in [-0.2, -0.15) is 5.10 Å². The number of benzene rings is 1. The fourth-order valence-electron chi connectivity index (χ4n) is 4.88. The number of aromatic nitrogens is 2. The molecule has 3 fully saturated rings. The minimum Gasteiger partial charge on any atom is -0.322 e. The van der Waals surface area contributed by atoms with Gasteiger partial charge < -0.3 is 5.73 Å². The van der Waals surface area contributed by atoms with Crippen molar-refractivity contribution in [2.45, 2.75) is 37.3 Å². The Morgan fingerprint density at radius 2 is 2.04 bits per heavy atom. The number of halogens is 2. The third-order valence-corrected chi connectivity index (χ3v) is 6.29. The molecule has 0 radical (unpaired) electrons. The average molecular weight is 409 g/mol. The number of nitrogens with two attached hydrogens (primary N) is 1. The highest BCUT2D eigenvalue weighted by Gasteiger charge is 2.49. The number of nitrogens with zero attached hydrogens (tertiary/aromatic N) is 3. The second-order valence-corrected chi connectivity index (χ2v) is 7.75. The molecule has 3 heterocycles. The molecule has 2 N–H and O–H groups in total. The molecule has 6 heteroatoms. The van der Waals surface area contributed by atoms with E-state index in [0.717, 1.165) is 18.0 Å². The molecule has 1 aromatic carbocycles. The average Bonchev–Trinajstić information content (AvgIpc) is 3.09. The quantitative estimate of drug-likeness (QED) is 0.747. The van der Waals surface area contributed by atoms with Crippen LogP contribution in [-0.4, -0.2) is 33.3 Å². The second-order valence-electron chi connectivity index (χ2n) is 7.75. The van der Waals surface area contributed by atoms with Crippen molar-refractivity contribution in [1.82, 2.24) is 14.7 Å². The maximum Gasteiger partial charge on any atom is 0.0568 e. The lowest BCUT2D eigenvalue weighted by molar-refractivity contribution is -0.0440. The van der Waals surface area contributed by atoms with Gasteiger partial charge in [-0.05, 0) is 48.8 Å². The molecular formula is C21H30Cl2N4. The smallest absolute Gasteiger partial charge is 0.0568 e. The van der Waals surface area contributed by atoms with Gasteiger partial charge in [-0.15, -0.1) is 31.4 Å². The number of rotatable bonds is 5. The normalized spacial score (nSPS) is 25.3. The summed E-state index contributed by atoms with van der Waals surface area (Å²) in [6.45, 7) is 6.07. The summed E-state index contributed by atoms with van der Waals surface area (Å²) in [6, 6.07) is 8.74. The topological polar surface area (TPSA) is 47.1 Å². The van der Waals surface area contributed by atoms with Gasteiger partial charge in [0.25, 0.3) is 0 Å². The van der Waals surface area contributed by atoms with Crippen molar-refractivity contribution in [3.05, 3.63) is 54.9 Å². The molecule has 1 aromatic heterocycles. The Morgan fingerprint density at radius 1 is 1.30 bits per heavy atom. The van der Waals surface area contributed by atoms with E-state index < -0.39 is 0 Å². The third kappa shape index (κ3) is 3.95. The highest BCUT2D eigenvalue weighted by Crippen LogP contribution is 2.48. The molecule has 1 unspecified atom stereocenters. The predicted octanol–water partition coefficient (Wildman–Crippen LogP) is 4.36. The van der Waals surface area contributed by atoms with Gasteiger partial charge in [0.1, 0.15) is 0 Å². The van der Waals surface area contributed by atoms with Crippen molar-refractivity contribution < 1.29 is 0 Å². The number of aryl methyl sites for hydroxylation is 1. The molecule has 2 bridgehead atoms. The van der Waals surface area contributed by atoms with Gasteiger partial charge in [-0.25, -0.2) is 0 Å². The van der Waals surface area contributed by atoms with Gasteiger partial charge in [-0.1, -0.05) is 24.3 Å². The summed E-state index contributed by atoms with van der Waals surface area (Å²) in [5, 5.41) is 4.30. The number of piperidine rings is 2. The zero-order valence-corrected chi connectivity index (χ0v) is 17.5. The molecule has 148 valence electrons. The first-order valence-corrected chi connectivity index (χ1v) is 9.33. The van der Waals surface area contributed by atoms with Gasteiger partial charge in [-0.3, -0.25) is 9.58 Å². The first-order valence-electron chi connectivity index (χ1n) is 9.33. The summed E-state index contributed by atoms with van der Waals surface area (Å²) in [4.78, 5) is 2.60. The van der Waals surface area contributed by atoms with E-state index in [1.807, 2.05) is 24.0 Å². The van der Waals surface area contributed by atoms with Gasteiger partial charge in [0.15, 0.2) is 0 Å². The maximum absolute atomic E-state index is 6.92. The molecule has 5 rings (SSSR count). The lowest BCUT2D eigenvalue weighted by atomic mass is 9.65. The molecule has 1 atom stereocenters. The molecule has 2 saturated heterocycles. The number of fused-ring (bicyclic) bond motifs is 3. The van der Waals surface area contributed by atoms with Crippen LogP contribution in [0, 0.1) is 5.92 Å². The summed E-state index contributed by atoms with van der Waals surface area (Å²) in [6.07, 6.45) is 11.0. The van der Waals surface area contributed by atoms with Crippen molar-refractivity contribution >= 4 is 24.8 Å². The second kappa shape index (κ2) is 8.78. The molecule has 27 heavy (non-hydrogen) atoms. The molecule has 1 aliphatic carbocycles. The zero-order valence-electron chi connectivity index (χ0n) is 15.9. The summed E-state index contributed by atoms with van der Waals surface area (Å²) in [5.41, 5.74) is 10.6. The van der Waals surface area contributed by atoms with E-state index in [1.54, 1.807) is 0 Å². The van der Waals surface area contributed by atoms with Crippen LogP contribution in [0.3, 0.4) is 0 Å². The first kappa shape index (κ1) is 22.0. The predicted molar refractivity (Wildman–Crippen MR) is 117 cm³/mol. The van der Waals surface area contributed by atoms with Crippen LogP contribution < -0.4 is 5.73 Å². The van der Waals surface area contributed by atoms with Crippen LogP contribution in [0.5, 0.6) is 0 Å². The number of hydrogen-bond acceptors (Lipinski definition) is 3. The maximum atomic E-state index is 6.92. The van der Waals surface area contributed by atoms with Crippen LogP contribution in [0.1, 0.15) is 37.3 Å². The Kier molecular flexibility index (Phi) is 7.14. The third-order valence-electron chi connectivity index (χ3n) is 6.29. The molecule has 0 amide bonds. The molecule has 4 nitrogen and oxygen atoms in total. The standard InChI is InChI=1S/C21H28N4.2ClH/c1-3-11-25-14-16-7-9-21(25,10-8-16)20(22)18-6-4-5-17(12-18)19-13-23-24(2)15-19;;/h3-6,12-13,15-16,20H,1,7-11,14,22H2,2H3;2*1H. The Bertz CT molecular complexity index is 765. The van der Waals surface area contributed by atoms with Crippen molar-refractivity contribution in [2.75, 3.05) is 13.1 Å². The molecule has 2 aromatic rings. The Morgan fingerprint density at radius 3 is 2.67 bits per heavy atom. The van der Waals surface area contributed by atoms with Crippen molar-refractivity contribution in [2.24, 2.45) is 18.7 Å². The van der Waals surface area contributed by atoms with E-state index in [0.29, 0.717) is 0 Å². The van der Waals surface area contributed by atoms with Gasteiger partial charge in [0.2, 0.25) is 0 Å².